The molecule has 1 aromatic rings. The third kappa shape index (κ3) is 1.19. The zero-order valence-corrected chi connectivity index (χ0v) is 7.27. The molecule has 0 fully saturated rings. The highest BCUT2D eigenvalue weighted by atomic mass is 16.3. The van der Waals surface area contributed by atoms with Crippen LogP contribution in [0.5, 0.6) is 0 Å². The molecule has 0 saturated carbocycles. The molecular weight excluding hydrogens is 162 g/mol. The molecule has 0 aliphatic carbocycles. The molecule has 2 nitrogen and oxygen atoms in total. The molecule has 1 aromatic carbocycles. The molecule has 1 unspecified atom stereocenters. The molecule has 0 saturated heterocycles. The zero-order chi connectivity index (χ0) is 9.31. The number of benzene rings is 1. The van der Waals surface area contributed by atoms with E-state index in [1.165, 1.54) is 0 Å². The Morgan fingerprint density at radius 2 is 2.23 bits per heavy atom. The Kier molecular flexibility index (Phi) is 1.78. The van der Waals surface area contributed by atoms with Crippen LogP contribution in [0.1, 0.15) is 12.0 Å². The van der Waals surface area contributed by atoms with Crippen LogP contribution >= 0.6 is 0 Å². The number of nitrogens with zero attached hydrogens (tertiary/aromatic N) is 1. The van der Waals surface area contributed by atoms with Gasteiger partial charge in [0.25, 0.3) is 0 Å². The van der Waals surface area contributed by atoms with E-state index in [2.05, 4.69) is 11.6 Å². The van der Waals surface area contributed by atoms with Crippen molar-refractivity contribution in [3.63, 3.8) is 0 Å². The molecule has 0 bridgehead atoms. The zero-order valence-electron chi connectivity index (χ0n) is 7.27. The van der Waals surface area contributed by atoms with Crippen molar-refractivity contribution in [2.24, 2.45) is 4.99 Å². The molecule has 0 aromatic heterocycles. The topological polar surface area (TPSA) is 32.6 Å². The summed E-state index contributed by atoms with van der Waals surface area (Å²) in [6.45, 7) is 3.62. The Hall–Kier alpha value is -1.41. The Balaban J connectivity index is 2.48. The van der Waals surface area contributed by atoms with Crippen LogP contribution in [0.25, 0.3) is 0 Å². The summed E-state index contributed by atoms with van der Waals surface area (Å²) in [4.78, 5) is 4.15. The van der Waals surface area contributed by atoms with Gasteiger partial charge in [0.15, 0.2) is 0 Å². The summed E-state index contributed by atoms with van der Waals surface area (Å²) in [5.41, 5.74) is 0.792. The lowest BCUT2D eigenvalue weighted by molar-refractivity contribution is 0.124. The van der Waals surface area contributed by atoms with Gasteiger partial charge < -0.3 is 5.11 Å². The lowest BCUT2D eigenvalue weighted by Gasteiger charge is -2.18. The van der Waals surface area contributed by atoms with Crippen molar-refractivity contribution in [1.82, 2.24) is 0 Å². The third-order valence-corrected chi connectivity index (χ3v) is 2.24. The van der Waals surface area contributed by atoms with E-state index >= 15 is 0 Å². The molecule has 0 amide bonds. The number of fused-ring (bicyclic) bond motifs is 1. The van der Waals surface area contributed by atoms with E-state index < -0.39 is 5.60 Å². The van der Waals surface area contributed by atoms with E-state index in [-0.39, 0.29) is 0 Å². The fraction of sp³-hybridized carbons (Fsp3) is 0.182. The molecule has 1 N–H and O–H groups in total. The first-order valence-electron chi connectivity index (χ1n) is 4.24. The van der Waals surface area contributed by atoms with Crippen molar-refractivity contribution in [1.29, 1.82) is 0 Å². The van der Waals surface area contributed by atoms with E-state index in [1.54, 1.807) is 12.3 Å². The maximum Gasteiger partial charge on any atom is 0.130 e. The van der Waals surface area contributed by atoms with Gasteiger partial charge in [-0.3, -0.25) is 4.99 Å². The van der Waals surface area contributed by atoms with Crippen LogP contribution in [0.2, 0.25) is 0 Å². The molecule has 66 valence electrons. The van der Waals surface area contributed by atoms with Crippen LogP contribution in [-0.4, -0.2) is 11.3 Å². The molecular formula is C11H11NO. The SMILES string of the molecule is C=CCC1(O)C=Nc2ccccc21. The fourth-order valence-corrected chi connectivity index (χ4v) is 1.58. The number of rotatable bonds is 2. The predicted octanol–water partition coefficient (Wildman–Crippen LogP) is 2.17. The molecule has 2 heteroatoms. The monoisotopic (exact) mass is 173 g/mol. The molecule has 1 atom stereocenters. The van der Waals surface area contributed by atoms with Crippen molar-refractivity contribution in [2.75, 3.05) is 0 Å². The largest absolute Gasteiger partial charge is 0.379 e. The van der Waals surface area contributed by atoms with Gasteiger partial charge in [-0.25, -0.2) is 0 Å². The summed E-state index contributed by atoms with van der Waals surface area (Å²) >= 11 is 0. The average Bonchev–Trinajstić information content (AvgIpc) is 2.46. The lowest BCUT2D eigenvalue weighted by Crippen LogP contribution is -2.23. The van der Waals surface area contributed by atoms with Crippen LogP contribution in [-0.2, 0) is 5.60 Å². The molecule has 1 aliphatic heterocycles. The number of para-hydroxylation sites is 1. The Morgan fingerprint density at radius 1 is 1.46 bits per heavy atom. The lowest BCUT2D eigenvalue weighted by atomic mass is 9.93. The first kappa shape index (κ1) is 8.20. The summed E-state index contributed by atoms with van der Waals surface area (Å²) in [5.74, 6) is 0. The maximum absolute atomic E-state index is 10.1. The summed E-state index contributed by atoms with van der Waals surface area (Å²) < 4.78 is 0. The summed E-state index contributed by atoms with van der Waals surface area (Å²) in [7, 11) is 0. The molecule has 0 spiro atoms. The highest BCUT2D eigenvalue weighted by Gasteiger charge is 2.31. The Morgan fingerprint density at radius 3 is 3.00 bits per heavy atom. The summed E-state index contributed by atoms with van der Waals surface area (Å²) in [6.07, 6.45) is 3.79. The quantitative estimate of drug-likeness (QED) is 0.683. The highest BCUT2D eigenvalue weighted by Crippen LogP contribution is 2.36. The average molecular weight is 173 g/mol. The third-order valence-electron chi connectivity index (χ3n) is 2.24. The van der Waals surface area contributed by atoms with Gasteiger partial charge in [0, 0.05) is 18.2 Å². The number of hydrogen-bond donors (Lipinski definition) is 1. The van der Waals surface area contributed by atoms with E-state index in [9.17, 15) is 5.11 Å². The fourth-order valence-electron chi connectivity index (χ4n) is 1.58. The highest BCUT2D eigenvalue weighted by molar-refractivity contribution is 5.83. The molecule has 13 heavy (non-hydrogen) atoms. The van der Waals surface area contributed by atoms with Gasteiger partial charge in [-0.05, 0) is 6.07 Å². The van der Waals surface area contributed by atoms with Crippen molar-refractivity contribution in [3.8, 4) is 0 Å². The second kappa shape index (κ2) is 2.82. The molecule has 2 rings (SSSR count). The number of aliphatic imine (C=N–C) groups is 1. The molecule has 1 heterocycles. The number of aliphatic hydroxyl groups is 1. The minimum atomic E-state index is -0.932. The van der Waals surface area contributed by atoms with Gasteiger partial charge in [0.2, 0.25) is 0 Å². The minimum Gasteiger partial charge on any atom is -0.379 e. The summed E-state index contributed by atoms with van der Waals surface area (Å²) in [6, 6.07) is 7.61. The van der Waals surface area contributed by atoms with E-state index in [4.69, 9.17) is 0 Å². The van der Waals surface area contributed by atoms with Crippen molar-refractivity contribution in [3.05, 3.63) is 42.5 Å². The van der Waals surface area contributed by atoms with Crippen LogP contribution in [0.3, 0.4) is 0 Å². The first-order chi connectivity index (χ1) is 6.26. The van der Waals surface area contributed by atoms with Gasteiger partial charge in [0.1, 0.15) is 5.60 Å². The van der Waals surface area contributed by atoms with Crippen LogP contribution in [0.4, 0.5) is 5.69 Å². The molecule has 0 radical (unpaired) electrons. The summed E-state index contributed by atoms with van der Waals surface area (Å²) in [5, 5.41) is 10.1. The van der Waals surface area contributed by atoms with Gasteiger partial charge in [-0.15, -0.1) is 6.58 Å². The van der Waals surface area contributed by atoms with E-state index in [0.717, 1.165) is 11.3 Å². The van der Waals surface area contributed by atoms with Crippen molar-refractivity contribution < 1.29 is 5.11 Å². The maximum atomic E-state index is 10.1. The van der Waals surface area contributed by atoms with Crippen LogP contribution in [0.15, 0.2) is 41.9 Å². The normalized spacial score (nSPS) is 24.4. The van der Waals surface area contributed by atoms with E-state index in [0.29, 0.717) is 6.42 Å². The van der Waals surface area contributed by atoms with Crippen molar-refractivity contribution in [2.45, 2.75) is 12.0 Å². The van der Waals surface area contributed by atoms with Gasteiger partial charge in [0.05, 0.1) is 5.69 Å². The van der Waals surface area contributed by atoms with Crippen LogP contribution in [0, 0.1) is 0 Å². The van der Waals surface area contributed by atoms with Gasteiger partial charge in [-0.2, -0.15) is 0 Å². The first-order valence-corrected chi connectivity index (χ1v) is 4.24. The minimum absolute atomic E-state index is 0.507. The predicted molar refractivity (Wildman–Crippen MR) is 53.3 cm³/mol. The molecule has 1 aliphatic rings. The second-order valence-electron chi connectivity index (χ2n) is 3.19. The van der Waals surface area contributed by atoms with E-state index in [1.807, 2.05) is 24.3 Å². The smallest absolute Gasteiger partial charge is 0.130 e. The Bertz CT molecular complexity index is 370. The van der Waals surface area contributed by atoms with Gasteiger partial charge >= 0.3 is 0 Å². The van der Waals surface area contributed by atoms with Gasteiger partial charge in [-0.1, -0.05) is 24.3 Å². The number of hydrogen-bond acceptors (Lipinski definition) is 2. The standard InChI is InChI=1S/C11H11NO/c1-2-7-11(13)8-12-10-6-4-3-5-9(10)11/h2-6,8,13H,1,7H2. The Labute approximate surface area is 77.3 Å². The second-order valence-corrected chi connectivity index (χ2v) is 3.19. The van der Waals surface area contributed by atoms with Crippen molar-refractivity contribution >= 4 is 11.9 Å². The van der Waals surface area contributed by atoms with Crippen LogP contribution < -0.4 is 0 Å².